The van der Waals surface area contributed by atoms with E-state index in [9.17, 15) is 14.4 Å². The zero-order chi connectivity index (χ0) is 23.2. The van der Waals surface area contributed by atoms with Gasteiger partial charge < -0.3 is 19.5 Å². The minimum atomic E-state index is -0.592. The van der Waals surface area contributed by atoms with Crippen molar-refractivity contribution in [2.45, 2.75) is 57.7 Å². The van der Waals surface area contributed by atoms with Gasteiger partial charge in [-0.3, -0.25) is 19.7 Å². The summed E-state index contributed by atoms with van der Waals surface area (Å²) in [6.07, 6.45) is 8.64. The summed E-state index contributed by atoms with van der Waals surface area (Å²) in [4.78, 5) is 41.9. The van der Waals surface area contributed by atoms with Gasteiger partial charge in [0.1, 0.15) is 11.8 Å². The highest BCUT2D eigenvalue weighted by molar-refractivity contribution is 6.05. The zero-order valence-corrected chi connectivity index (χ0v) is 19.0. The number of carbonyl (C=O) groups excluding carboxylic acids is 3. The number of unbranched alkanes of at least 4 members (excludes halogenated alkanes) is 3. The van der Waals surface area contributed by atoms with E-state index >= 15 is 0 Å². The van der Waals surface area contributed by atoms with E-state index in [1.807, 2.05) is 36.3 Å². The summed E-state index contributed by atoms with van der Waals surface area (Å²) in [5, 5.41) is 5.77. The lowest BCUT2D eigenvalue weighted by atomic mass is 10.0. The molecule has 1 fully saturated rings. The Balaban J connectivity index is 1.14. The van der Waals surface area contributed by atoms with Crippen molar-refractivity contribution >= 4 is 17.7 Å². The Hall–Kier alpha value is -3.20. The zero-order valence-electron chi connectivity index (χ0n) is 19.0. The number of amides is 3. The van der Waals surface area contributed by atoms with Crippen molar-refractivity contribution in [3.05, 3.63) is 47.5 Å². The predicted molar refractivity (Wildman–Crippen MR) is 121 cm³/mol. The Bertz CT molecular complexity index is 1020. The SMILES string of the molecule is Cn1cncc1CNCCCCCCOc1ccc2c(c1)CN(C1CCC(=O)NC1=O)C2=O. The topological polar surface area (TPSA) is 106 Å². The normalized spacial score (nSPS) is 17.9. The van der Waals surface area contributed by atoms with E-state index in [0.717, 1.165) is 50.1 Å². The van der Waals surface area contributed by atoms with Gasteiger partial charge in [-0.2, -0.15) is 0 Å². The number of imide groups is 1. The van der Waals surface area contributed by atoms with E-state index in [2.05, 4.69) is 15.6 Å². The van der Waals surface area contributed by atoms with Crippen LogP contribution in [-0.4, -0.2) is 51.4 Å². The average molecular weight is 454 g/mol. The predicted octanol–water partition coefficient (Wildman–Crippen LogP) is 1.91. The number of aromatic nitrogens is 2. The van der Waals surface area contributed by atoms with Gasteiger partial charge in [0.05, 0.1) is 18.6 Å². The first-order chi connectivity index (χ1) is 16.0. The molecule has 4 rings (SSSR count). The number of nitrogens with zero attached hydrogens (tertiary/aromatic N) is 3. The van der Waals surface area contributed by atoms with Crippen LogP contribution in [0, 0.1) is 0 Å². The molecule has 33 heavy (non-hydrogen) atoms. The molecule has 0 aliphatic carbocycles. The second-order valence-electron chi connectivity index (χ2n) is 8.65. The van der Waals surface area contributed by atoms with Gasteiger partial charge in [-0.15, -0.1) is 0 Å². The van der Waals surface area contributed by atoms with Crippen LogP contribution in [0.3, 0.4) is 0 Å². The summed E-state index contributed by atoms with van der Waals surface area (Å²) in [5.74, 6) is -0.0966. The van der Waals surface area contributed by atoms with Crippen molar-refractivity contribution < 1.29 is 19.1 Å². The molecule has 176 valence electrons. The van der Waals surface area contributed by atoms with Crippen LogP contribution in [0.25, 0.3) is 0 Å². The molecule has 2 aliphatic heterocycles. The maximum absolute atomic E-state index is 12.7. The number of ether oxygens (including phenoxy) is 1. The molecule has 0 spiro atoms. The van der Waals surface area contributed by atoms with Crippen LogP contribution in [0.15, 0.2) is 30.7 Å². The van der Waals surface area contributed by atoms with Crippen LogP contribution < -0.4 is 15.4 Å². The Morgan fingerprint density at radius 3 is 2.82 bits per heavy atom. The van der Waals surface area contributed by atoms with E-state index in [-0.39, 0.29) is 18.2 Å². The third-order valence-electron chi connectivity index (χ3n) is 6.23. The van der Waals surface area contributed by atoms with Crippen LogP contribution in [0.4, 0.5) is 0 Å². The molecule has 1 aromatic carbocycles. The number of benzene rings is 1. The van der Waals surface area contributed by atoms with Gasteiger partial charge in [-0.1, -0.05) is 12.8 Å². The second kappa shape index (κ2) is 10.6. The maximum atomic E-state index is 12.7. The van der Waals surface area contributed by atoms with Gasteiger partial charge in [-0.05, 0) is 49.6 Å². The van der Waals surface area contributed by atoms with Crippen molar-refractivity contribution in [3.63, 3.8) is 0 Å². The number of piperidine rings is 1. The highest BCUT2D eigenvalue weighted by Gasteiger charge is 2.39. The Kier molecular flexibility index (Phi) is 7.39. The monoisotopic (exact) mass is 453 g/mol. The molecule has 9 nitrogen and oxygen atoms in total. The molecule has 1 atom stereocenters. The van der Waals surface area contributed by atoms with Crippen LogP contribution in [0.5, 0.6) is 5.75 Å². The molecular formula is C24H31N5O4. The molecule has 0 radical (unpaired) electrons. The first-order valence-corrected chi connectivity index (χ1v) is 11.6. The molecule has 2 aromatic rings. The number of imidazole rings is 1. The first-order valence-electron chi connectivity index (χ1n) is 11.6. The summed E-state index contributed by atoms with van der Waals surface area (Å²) in [6, 6.07) is 4.88. The van der Waals surface area contributed by atoms with Gasteiger partial charge >= 0.3 is 0 Å². The quantitative estimate of drug-likeness (QED) is 0.398. The molecule has 0 bridgehead atoms. The third kappa shape index (κ3) is 5.60. The number of aryl methyl sites for hydroxylation is 1. The smallest absolute Gasteiger partial charge is 0.255 e. The van der Waals surface area contributed by atoms with Crippen molar-refractivity contribution in [2.24, 2.45) is 7.05 Å². The average Bonchev–Trinajstić information content (AvgIpc) is 3.35. The Morgan fingerprint density at radius 1 is 1.18 bits per heavy atom. The molecule has 1 aromatic heterocycles. The summed E-state index contributed by atoms with van der Waals surface area (Å²) in [5.41, 5.74) is 2.65. The minimum Gasteiger partial charge on any atom is -0.494 e. The molecule has 9 heteroatoms. The lowest BCUT2D eigenvalue weighted by molar-refractivity contribution is -0.136. The number of fused-ring (bicyclic) bond motifs is 1. The number of hydrogen-bond donors (Lipinski definition) is 2. The van der Waals surface area contributed by atoms with E-state index in [1.54, 1.807) is 11.0 Å². The lowest BCUT2D eigenvalue weighted by Crippen LogP contribution is -2.52. The number of hydrogen-bond acceptors (Lipinski definition) is 6. The highest BCUT2D eigenvalue weighted by atomic mass is 16.5. The van der Waals surface area contributed by atoms with Crippen molar-refractivity contribution in [3.8, 4) is 5.75 Å². The van der Waals surface area contributed by atoms with E-state index < -0.39 is 11.9 Å². The van der Waals surface area contributed by atoms with E-state index in [1.165, 1.54) is 5.69 Å². The minimum absolute atomic E-state index is 0.164. The first kappa shape index (κ1) is 23.0. The Labute approximate surface area is 193 Å². The molecule has 1 saturated heterocycles. The van der Waals surface area contributed by atoms with Gasteiger partial charge in [-0.25, -0.2) is 4.98 Å². The van der Waals surface area contributed by atoms with Gasteiger partial charge in [0.25, 0.3) is 5.91 Å². The summed E-state index contributed by atoms with van der Waals surface area (Å²) in [7, 11) is 2.00. The van der Waals surface area contributed by atoms with E-state index in [0.29, 0.717) is 25.1 Å². The van der Waals surface area contributed by atoms with Crippen molar-refractivity contribution in [1.29, 1.82) is 0 Å². The fourth-order valence-corrected chi connectivity index (χ4v) is 4.31. The van der Waals surface area contributed by atoms with Gasteiger partial charge in [0, 0.05) is 38.3 Å². The molecule has 1 unspecified atom stereocenters. The third-order valence-corrected chi connectivity index (χ3v) is 6.23. The fraction of sp³-hybridized carbons (Fsp3) is 0.500. The van der Waals surface area contributed by atoms with Crippen LogP contribution in [-0.2, 0) is 29.7 Å². The second-order valence-corrected chi connectivity index (χ2v) is 8.65. The highest BCUT2D eigenvalue weighted by Crippen LogP contribution is 2.30. The van der Waals surface area contributed by atoms with Crippen LogP contribution in [0.2, 0.25) is 0 Å². The summed E-state index contributed by atoms with van der Waals surface area (Å²) in [6.45, 7) is 2.81. The molecule has 3 heterocycles. The molecule has 2 N–H and O–H groups in total. The Morgan fingerprint density at radius 2 is 2.03 bits per heavy atom. The van der Waals surface area contributed by atoms with Crippen molar-refractivity contribution in [1.82, 2.24) is 25.1 Å². The fourth-order valence-electron chi connectivity index (χ4n) is 4.31. The standard InChI is InChI=1S/C24H31N5O4/c1-28-16-26-14-18(28)13-25-10-4-2-3-5-11-33-19-6-7-20-17(12-19)15-29(24(20)32)21-8-9-22(30)27-23(21)31/h6-7,12,14,16,21,25H,2-5,8-11,13,15H2,1H3,(H,27,30,31). The largest absolute Gasteiger partial charge is 0.494 e. The molecule has 3 amide bonds. The molecular weight excluding hydrogens is 422 g/mol. The van der Waals surface area contributed by atoms with Gasteiger partial charge in [0.2, 0.25) is 11.8 Å². The summed E-state index contributed by atoms with van der Waals surface area (Å²) < 4.78 is 7.91. The van der Waals surface area contributed by atoms with Gasteiger partial charge in [0.15, 0.2) is 0 Å². The maximum Gasteiger partial charge on any atom is 0.255 e. The number of carbonyl (C=O) groups is 3. The van der Waals surface area contributed by atoms with E-state index in [4.69, 9.17) is 4.74 Å². The summed E-state index contributed by atoms with van der Waals surface area (Å²) >= 11 is 0. The van der Waals surface area contributed by atoms with Crippen molar-refractivity contribution in [2.75, 3.05) is 13.2 Å². The molecule has 2 aliphatic rings. The van der Waals surface area contributed by atoms with Crippen LogP contribution in [0.1, 0.15) is 60.1 Å². The molecule has 0 saturated carbocycles. The van der Waals surface area contributed by atoms with Crippen LogP contribution >= 0.6 is 0 Å². The number of rotatable bonds is 11. The number of nitrogens with one attached hydrogen (secondary N) is 2. The lowest BCUT2D eigenvalue weighted by Gasteiger charge is -2.29.